The van der Waals surface area contributed by atoms with Gasteiger partial charge in [-0.25, -0.2) is 13.2 Å². The van der Waals surface area contributed by atoms with E-state index in [1.165, 1.54) is 38.3 Å². The van der Waals surface area contributed by atoms with Gasteiger partial charge in [0.25, 0.3) is 5.91 Å². The minimum atomic E-state index is -3.35. The van der Waals surface area contributed by atoms with Gasteiger partial charge in [-0.3, -0.25) is 4.79 Å². The minimum absolute atomic E-state index is 0.0952. The predicted octanol–water partition coefficient (Wildman–Crippen LogP) is 2.28. The fourth-order valence-electron chi connectivity index (χ4n) is 2.07. The Hall–Kier alpha value is -2.87. The highest BCUT2D eigenvalue weighted by atomic mass is 32.2. The Balaban J connectivity index is 2.00. The average molecular weight is 377 g/mol. The van der Waals surface area contributed by atoms with Crippen molar-refractivity contribution in [1.29, 1.82) is 0 Å². The first-order chi connectivity index (χ1) is 12.2. The Morgan fingerprint density at radius 3 is 2.31 bits per heavy atom. The highest BCUT2D eigenvalue weighted by Gasteiger charge is 2.19. The topological polar surface area (TPSA) is 98.8 Å². The second-order valence-electron chi connectivity index (χ2n) is 5.57. The van der Waals surface area contributed by atoms with E-state index in [1.54, 1.807) is 24.3 Å². The zero-order valence-corrected chi connectivity index (χ0v) is 15.4. The van der Waals surface area contributed by atoms with E-state index in [0.717, 1.165) is 6.26 Å². The van der Waals surface area contributed by atoms with Crippen molar-refractivity contribution in [1.82, 2.24) is 0 Å². The molecule has 0 aliphatic carbocycles. The van der Waals surface area contributed by atoms with Crippen LogP contribution in [0.25, 0.3) is 0 Å². The monoisotopic (exact) mass is 377 g/mol. The number of anilines is 1. The fraction of sp³-hybridized carbons (Fsp3) is 0.222. The first kappa shape index (κ1) is 19.5. The van der Waals surface area contributed by atoms with Crippen LogP contribution in [-0.2, 0) is 19.4 Å². The van der Waals surface area contributed by atoms with E-state index in [2.05, 4.69) is 5.32 Å². The van der Waals surface area contributed by atoms with Crippen LogP contribution in [0.5, 0.6) is 5.75 Å². The van der Waals surface area contributed by atoms with Crippen molar-refractivity contribution in [3.8, 4) is 5.75 Å². The van der Waals surface area contributed by atoms with Crippen molar-refractivity contribution in [3.05, 3.63) is 54.1 Å². The van der Waals surface area contributed by atoms with Crippen LogP contribution in [0.3, 0.4) is 0 Å². The third-order valence-electron chi connectivity index (χ3n) is 3.51. The van der Waals surface area contributed by atoms with Gasteiger partial charge in [-0.05, 0) is 43.3 Å². The number of nitrogens with one attached hydrogen (secondary N) is 1. The van der Waals surface area contributed by atoms with Crippen molar-refractivity contribution < 1.29 is 27.5 Å². The number of sulfone groups is 1. The number of ether oxygens (including phenoxy) is 2. The summed E-state index contributed by atoms with van der Waals surface area (Å²) in [5.41, 5.74) is 0.660. The number of hydrogen-bond donors (Lipinski definition) is 1. The number of amides is 1. The van der Waals surface area contributed by atoms with Crippen LogP contribution in [0.4, 0.5) is 5.69 Å². The van der Waals surface area contributed by atoms with Crippen LogP contribution in [0.1, 0.15) is 17.3 Å². The molecule has 0 saturated carbocycles. The summed E-state index contributed by atoms with van der Waals surface area (Å²) in [6, 6.07) is 12.1. The normalized spacial score (nSPS) is 12.1. The molecule has 0 bridgehead atoms. The molecule has 8 heteroatoms. The molecule has 0 aliphatic heterocycles. The van der Waals surface area contributed by atoms with Gasteiger partial charge in [-0.2, -0.15) is 0 Å². The molecule has 0 saturated heterocycles. The van der Waals surface area contributed by atoms with Crippen LogP contribution in [0, 0.1) is 0 Å². The molecule has 0 aromatic heterocycles. The third-order valence-corrected chi connectivity index (χ3v) is 4.64. The van der Waals surface area contributed by atoms with Crippen LogP contribution < -0.4 is 10.1 Å². The molecular formula is C18H19NO6S. The molecule has 2 aromatic rings. The van der Waals surface area contributed by atoms with Crippen LogP contribution >= 0.6 is 0 Å². The average Bonchev–Trinajstić information content (AvgIpc) is 2.61. The minimum Gasteiger partial charge on any atom is -0.497 e. The van der Waals surface area contributed by atoms with Gasteiger partial charge in [0.15, 0.2) is 15.9 Å². The van der Waals surface area contributed by atoms with E-state index in [9.17, 15) is 18.0 Å². The van der Waals surface area contributed by atoms with E-state index in [4.69, 9.17) is 9.47 Å². The molecule has 26 heavy (non-hydrogen) atoms. The van der Waals surface area contributed by atoms with Crippen molar-refractivity contribution in [2.24, 2.45) is 0 Å². The maximum absolute atomic E-state index is 12.2. The zero-order chi connectivity index (χ0) is 19.3. The Kier molecular flexibility index (Phi) is 5.99. The molecule has 0 radical (unpaired) electrons. The fourth-order valence-corrected chi connectivity index (χ4v) is 2.70. The summed E-state index contributed by atoms with van der Waals surface area (Å²) in [6.07, 6.45) is 0.0361. The molecule has 2 rings (SSSR count). The molecule has 1 N–H and O–H groups in total. The van der Waals surface area contributed by atoms with E-state index in [-0.39, 0.29) is 10.5 Å². The van der Waals surface area contributed by atoms with Crippen molar-refractivity contribution >= 4 is 27.4 Å². The number of rotatable bonds is 6. The summed E-state index contributed by atoms with van der Waals surface area (Å²) < 4.78 is 33.0. The summed E-state index contributed by atoms with van der Waals surface area (Å²) in [5, 5.41) is 2.63. The number of carbonyl (C=O) groups is 2. The molecule has 1 amide bonds. The zero-order valence-electron chi connectivity index (χ0n) is 14.6. The molecule has 0 heterocycles. The lowest BCUT2D eigenvalue weighted by Gasteiger charge is -2.14. The van der Waals surface area contributed by atoms with Crippen molar-refractivity contribution in [2.75, 3.05) is 18.7 Å². The van der Waals surface area contributed by atoms with Gasteiger partial charge in [0.2, 0.25) is 0 Å². The number of benzene rings is 2. The van der Waals surface area contributed by atoms with Gasteiger partial charge in [0, 0.05) is 18.0 Å². The van der Waals surface area contributed by atoms with Crippen LogP contribution in [0.15, 0.2) is 53.4 Å². The third kappa shape index (κ3) is 5.06. The summed E-state index contributed by atoms with van der Waals surface area (Å²) in [5.74, 6) is -0.642. The predicted molar refractivity (Wildman–Crippen MR) is 96.1 cm³/mol. The SMILES string of the molecule is COc1cccc(NC(=O)[C@@H](C)OC(=O)c2ccc(S(C)(=O)=O)cc2)c1. The van der Waals surface area contributed by atoms with Gasteiger partial charge in [0.05, 0.1) is 17.6 Å². The van der Waals surface area contributed by atoms with E-state index < -0.39 is 27.8 Å². The lowest BCUT2D eigenvalue weighted by atomic mass is 10.2. The van der Waals surface area contributed by atoms with Crippen LogP contribution in [-0.4, -0.2) is 39.8 Å². The van der Waals surface area contributed by atoms with Gasteiger partial charge < -0.3 is 14.8 Å². The molecule has 1 atom stereocenters. The Bertz CT molecular complexity index is 906. The standard InChI is InChI=1S/C18H19NO6S/c1-12(17(20)19-14-5-4-6-15(11-14)24-2)25-18(21)13-7-9-16(10-8-13)26(3,22)23/h4-12H,1-3H3,(H,19,20)/t12-/m1/s1. The molecular weight excluding hydrogens is 358 g/mol. The Morgan fingerprint density at radius 2 is 1.73 bits per heavy atom. The second-order valence-corrected chi connectivity index (χ2v) is 7.58. The smallest absolute Gasteiger partial charge is 0.338 e. The van der Waals surface area contributed by atoms with E-state index in [0.29, 0.717) is 11.4 Å². The number of carbonyl (C=O) groups excluding carboxylic acids is 2. The van der Waals surface area contributed by atoms with Crippen LogP contribution in [0.2, 0.25) is 0 Å². The van der Waals surface area contributed by atoms with E-state index in [1.807, 2.05) is 0 Å². The van der Waals surface area contributed by atoms with Gasteiger partial charge in [0.1, 0.15) is 5.75 Å². The highest BCUT2D eigenvalue weighted by Crippen LogP contribution is 2.17. The number of methoxy groups -OCH3 is 1. The largest absolute Gasteiger partial charge is 0.497 e. The van der Waals surface area contributed by atoms with E-state index >= 15 is 0 Å². The summed E-state index contributed by atoms with van der Waals surface area (Å²) in [7, 11) is -1.83. The maximum atomic E-state index is 12.2. The van der Waals surface area contributed by atoms with Gasteiger partial charge >= 0.3 is 5.97 Å². The van der Waals surface area contributed by atoms with Crippen molar-refractivity contribution in [2.45, 2.75) is 17.9 Å². The maximum Gasteiger partial charge on any atom is 0.338 e. The highest BCUT2D eigenvalue weighted by molar-refractivity contribution is 7.90. The van der Waals surface area contributed by atoms with Gasteiger partial charge in [-0.1, -0.05) is 6.07 Å². The quantitative estimate of drug-likeness (QED) is 0.776. The summed E-state index contributed by atoms with van der Waals surface area (Å²) in [6.45, 7) is 1.44. The summed E-state index contributed by atoms with van der Waals surface area (Å²) >= 11 is 0. The lowest BCUT2D eigenvalue weighted by molar-refractivity contribution is -0.123. The second kappa shape index (κ2) is 8.01. The molecule has 0 spiro atoms. The molecule has 7 nitrogen and oxygen atoms in total. The first-order valence-electron chi connectivity index (χ1n) is 7.66. The summed E-state index contributed by atoms with van der Waals surface area (Å²) in [4.78, 5) is 24.4. The molecule has 138 valence electrons. The molecule has 0 fully saturated rings. The molecule has 0 unspecified atom stereocenters. The lowest BCUT2D eigenvalue weighted by Crippen LogP contribution is -2.30. The first-order valence-corrected chi connectivity index (χ1v) is 9.56. The van der Waals surface area contributed by atoms with Crippen molar-refractivity contribution in [3.63, 3.8) is 0 Å². The number of hydrogen-bond acceptors (Lipinski definition) is 6. The molecule has 2 aromatic carbocycles. The molecule has 0 aliphatic rings. The van der Waals surface area contributed by atoms with Gasteiger partial charge in [-0.15, -0.1) is 0 Å². The number of esters is 1. The Morgan fingerprint density at radius 1 is 1.08 bits per heavy atom. The Labute approximate surface area is 151 Å².